The van der Waals surface area contributed by atoms with Crippen molar-refractivity contribution in [3.8, 4) is 5.75 Å². The number of nitrogens with one attached hydrogen (secondary N) is 1. The molecular weight excluding hydrogens is 286 g/mol. The van der Waals surface area contributed by atoms with Crippen molar-refractivity contribution >= 4 is 11.9 Å². The molecule has 0 saturated heterocycles. The molecule has 1 amide bonds. The van der Waals surface area contributed by atoms with E-state index in [-0.39, 0.29) is 18.6 Å². The largest absolute Gasteiger partial charge is 0.496 e. The fourth-order valence-corrected chi connectivity index (χ4v) is 1.81. The molecule has 0 saturated carbocycles. The van der Waals surface area contributed by atoms with E-state index in [0.717, 1.165) is 5.56 Å². The molecule has 122 valence electrons. The first-order valence-electron chi connectivity index (χ1n) is 7.19. The lowest BCUT2D eigenvalue weighted by atomic mass is 10.1. The SMILES string of the molecule is CCOCc1cc(C(=O)OCC(=O)NC(C)C)ccc1OC. The summed E-state index contributed by atoms with van der Waals surface area (Å²) in [4.78, 5) is 23.4. The first-order chi connectivity index (χ1) is 10.5. The average Bonchev–Trinajstić information content (AvgIpc) is 2.49. The normalized spacial score (nSPS) is 10.4. The van der Waals surface area contributed by atoms with Crippen LogP contribution in [0.4, 0.5) is 0 Å². The number of carbonyl (C=O) groups is 2. The van der Waals surface area contributed by atoms with Crippen molar-refractivity contribution in [3.05, 3.63) is 29.3 Å². The van der Waals surface area contributed by atoms with Crippen LogP contribution in [-0.2, 0) is 20.9 Å². The minimum Gasteiger partial charge on any atom is -0.496 e. The van der Waals surface area contributed by atoms with E-state index < -0.39 is 5.97 Å². The zero-order chi connectivity index (χ0) is 16.5. The van der Waals surface area contributed by atoms with Crippen LogP contribution in [0.1, 0.15) is 36.7 Å². The predicted octanol–water partition coefficient (Wildman–Crippen LogP) is 1.91. The summed E-state index contributed by atoms with van der Waals surface area (Å²) < 4.78 is 15.6. The third kappa shape index (κ3) is 5.73. The van der Waals surface area contributed by atoms with Crippen LogP contribution in [0.15, 0.2) is 18.2 Å². The van der Waals surface area contributed by atoms with Gasteiger partial charge in [0.15, 0.2) is 6.61 Å². The van der Waals surface area contributed by atoms with Gasteiger partial charge in [-0.05, 0) is 39.0 Å². The molecule has 6 nitrogen and oxygen atoms in total. The van der Waals surface area contributed by atoms with Crippen molar-refractivity contribution in [1.82, 2.24) is 5.32 Å². The highest BCUT2D eigenvalue weighted by Gasteiger charge is 2.13. The Kier molecular flexibility index (Phi) is 7.39. The summed E-state index contributed by atoms with van der Waals surface area (Å²) in [6.45, 7) is 6.16. The van der Waals surface area contributed by atoms with Crippen molar-refractivity contribution in [1.29, 1.82) is 0 Å². The second kappa shape index (κ2) is 9.04. The van der Waals surface area contributed by atoms with E-state index in [1.54, 1.807) is 25.3 Å². The quantitative estimate of drug-likeness (QED) is 0.743. The van der Waals surface area contributed by atoms with Gasteiger partial charge in [-0.25, -0.2) is 4.79 Å². The van der Waals surface area contributed by atoms with Crippen molar-refractivity contribution < 1.29 is 23.8 Å². The van der Waals surface area contributed by atoms with Crippen molar-refractivity contribution in [2.24, 2.45) is 0 Å². The van der Waals surface area contributed by atoms with Crippen LogP contribution in [0.3, 0.4) is 0 Å². The van der Waals surface area contributed by atoms with Gasteiger partial charge in [-0.3, -0.25) is 4.79 Å². The van der Waals surface area contributed by atoms with Crippen LogP contribution in [0.2, 0.25) is 0 Å². The Balaban J connectivity index is 2.70. The highest BCUT2D eigenvalue weighted by molar-refractivity contribution is 5.91. The zero-order valence-corrected chi connectivity index (χ0v) is 13.5. The maximum Gasteiger partial charge on any atom is 0.338 e. The minimum absolute atomic E-state index is 0.00461. The number of benzene rings is 1. The molecule has 0 aliphatic carbocycles. The maximum atomic E-state index is 12.0. The number of amides is 1. The second-order valence-corrected chi connectivity index (χ2v) is 4.96. The standard InChI is InChI=1S/C16H23NO5/c1-5-21-9-13-8-12(6-7-14(13)20-4)16(19)22-10-15(18)17-11(2)3/h6-8,11H,5,9-10H2,1-4H3,(H,17,18). The van der Waals surface area contributed by atoms with E-state index >= 15 is 0 Å². The van der Waals surface area contributed by atoms with Gasteiger partial charge in [-0.15, -0.1) is 0 Å². The molecule has 0 aromatic heterocycles. The van der Waals surface area contributed by atoms with Crippen LogP contribution in [0.25, 0.3) is 0 Å². The van der Waals surface area contributed by atoms with Crippen molar-refractivity contribution in [2.45, 2.75) is 33.4 Å². The maximum absolute atomic E-state index is 12.0. The van der Waals surface area contributed by atoms with Gasteiger partial charge < -0.3 is 19.5 Å². The first-order valence-corrected chi connectivity index (χ1v) is 7.19. The fourth-order valence-electron chi connectivity index (χ4n) is 1.81. The first kappa shape index (κ1) is 18.0. The number of esters is 1. The molecule has 0 bridgehead atoms. The third-order valence-electron chi connectivity index (χ3n) is 2.76. The van der Waals surface area contributed by atoms with E-state index in [2.05, 4.69) is 5.32 Å². The lowest BCUT2D eigenvalue weighted by molar-refractivity contribution is -0.124. The lowest BCUT2D eigenvalue weighted by Gasteiger charge is -2.11. The summed E-state index contributed by atoms with van der Waals surface area (Å²) in [5.74, 6) is -0.242. The molecule has 0 fully saturated rings. The van der Waals surface area contributed by atoms with Crippen molar-refractivity contribution in [2.75, 3.05) is 20.3 Å². The minimum atomic E-state index is -0.556. The zero-order valence-electron chi connectivity index (χ0n) is 13.5. The summed E-state index contributed by atoms with van der Waals surface area (Å²) >= 11 is 0. The van der Waals surface area contributed by atoms with Crippen LogP contribution < -0.4 is 10.1 Å². The van der Waals surface area contributed by atoms with Crippen LogP contribution in [0.5, 0.6) is 5.75 Å². The summed E-state index contributed by atoms with van der Waals surface area (Å²) in [6.07, 6.45) is 0. The Bertz CT molecular complexity index is 513. The summed E-state index contributed by atoms with van der Waals surface area (Å²) in [5.41, 5.74) is 1.11. The van der Waals surface area contributed by atoms with E-state index in [9.17, 15) is 9.59 Å². The Labute approximate surface area is 130 Å². The fraction of sp³-hybridized carbons (Fsp3) is 0.500. The average molecular weight is 309 g/mol. The predicted molar refractivity (Wildman–Crippen MR) is 81.9 cm³/mol. The highest BCUT2D eigenvalue weighted by Crippen LogP contribution is 2.21. The van der Waals surface area contributed by atoms with Gasteiger partial charge in [-0.1, -0.05) is 0 Å². The third-order valence-corrected chi connectivity index (χ3v) is 2.76. The van der Waals surface area contributed by atoms with Crippen LogP contribution >= 0.6 is 0 Å². The van der Waals surface area contributed by atoms with Gasteiger partial charge in [-0.2, -0.15) is 0 Å². The summed E-state index contributed by atoms with van der Waals surface area (Å²) in [6, 6.07) is 4.93. The van der Waals surface area contributed by atoms with Gasteiger partial charge >= 0.3 is 5.97 Å². The molecule has 0 spiro atoms. The van der Waals surface area contributed by atoms with Gasteiger partial charge in [0.1, 0.15) is 5.75 Å². The van der Waals surface area contributed by atoms with E-state index in [0.29, 0.717) is 24.5 Å². The molecule has 0 aliphatic rings. The molecule has 1 N–H and O–H groups in total. The molecule has 0 unspecified atom stereocenters. The molecular formula is C16H23NO5. The van der Waals surface area contributed by atoms with Gasteiger partial charge in [0.25, 0.3) is 5.91 Å². The number of ether oxygens (including phenoxy) is 3. The Morgan fingerprint density at radius 3 is 2.59 bits per heavy atom. The van der Waals surface area contributed by atoms with Gasteiger partial charge in [0.2, 0.25) is 0 Å². The molecule has 22 heavy (non-hydrogen) atoms. The van der Waals surface area contributed by atoms with Crippen molar-refractivity contribution in [3.63, 3.8) is 0 Å². The molecule has 0 heterocycles. The van der Waals surface area contributed by atoms with E-state index in [4.69, 9.17) is 14.2 Å². The molecule has 0 aliphatic heterocycles. The number of hydrogen-bond donors (Lipinski definition) is 1. The van der Waals surface area contributed by atoms with Crippen LogP contribution in [-0.4, -0.2) is 38.2 Å². The highest BCUT2D eigenvalue weighted by atomic mass is 16.5. The Morgan fingerprint density at radius 1 is 1.27 bits per heavy atom. The van der Waals surface area contributed by atoms with E-state index in [1.807, 2.05) is 20.8 Å². The molecule has 0 atom stereocenters. The van der Waals surface area contributed by atoms with Crippen LogP contribution in [0, 0.1) is 0 Å². The molecule has 1 rings (SSSR count). The topological polar surface area (TPSA) is 73.9 Å². The number of hydrogen-bond acceptors (Lipinski definition) is 5. The summed E-state index contributed by atoms with van der Waals surface area (Å²) in [5, 5.41) is 2.65. The smallest absolute Gasteiger partial charge is 0.338 e. The monoisotopic (exact) mass is 309 g/mol. The second-order valence-electron chi connectivity index (χ2n) is 4.96. The molecule has 1 aromatic rings. The summed E-state index contributed by atoms with van der Waals surface area (Å²) in [7, 11) is 1.55. The van der Waals surface area contributed by atoms with Gasteiger partial charge in [0, 0.05) is 18.2 Å². The lowest BCUT2D eigenvalue weighted by Crippen LogP contribution is -2.34. The Morgan fingerprint density at radius 2 is 2.00 bits per heavy atom. The molecule has 0 radical (unpaired) electrons. The Hall–Kier alpha value is -2.08. The number of methoxy groups -OCH3 is 1. The number of rotatable bonds is 8. The van der Waals surface area contributed by atoms with Gasteiger partial charge in [0.05, 0.1) is 19.3 Å². The number of carbonyl (C=O) groups excluding carboxylic acids is 2. The molecule has 1 aromatic carbocycles. The van der Waals surface area contributed by atoms with E-state index in [1.165, 1.54) is 0 Å². The molecule has 6 heteroatoms.